The van der Waals surface area contributed by atoms with Gasteiger partial charge in [-0.15, -0.1) is 12.4 Å². The molecule has 1 atom stereocenters. The van der Waals surface area contributed by atoms with Gasteiger partial charge in [0.1, 0.15) is 6.61 Å². The highest BCUT2D eigenvalue weighted by molar-refractivity contribution is 6.30. The Balaban J connectivity index is 0.00000243. The maximum absolute atomic E-state index is 5.90. The summed E-state index contributed by atoms with van der Waals surface area (Å²) < 4.78 is 17.0. The molecule has 3 rings (SSSR count). The molecule has 1 saturated heterocycles. The zero-order valence-electron chi connectivity index (χ0n) is 14.9. The quantitative estimate of drug-likeness (QED) is 0.705. The van der Waals surface area contributed by atoms with Gasteiger partial charge in [-0.2, -0.15) is 0 Å². The molecule has 0 aliphatic carbocycles. The molecule has 0 saturated carbocycles. The first-order valence-electron chi connectivity index (χ1n) is 8.61. The van der Waals surface area contributed by atoms with Gasteiger partial charge < -0.3 is 19.5 Å². The first-order chi connectivity index (χ1) is 12.2. The van der Waals surface area contributed by atoms with Crippen molar-refractivity contribution in [3.05, 3.63) is 58.6 Å². The van der Waals surface area contributed by atoms with Crippen LogP contribution >= 0.6 is 24.0 Å². The largest absolute Gasteiger partial charge is 0.493 e. The molecule has 0 amide bonds. The fourth-order valence-corrected chi connectivity index (χ4v) is 2.99. The highest BCUT2D eigenvalue weighted by atomic mass is 35.5. The van der Waals surface area contributed by atoms with E-state index in [1.807, 2.05) is 36.4 Å². The molecule has 0 bridgehead atoms. The van der Waals surface area contributed by atoms with Crippen LogP contribution in [0, 0.1) is 0 Å². The van der Waals surface area contributed by atoms with E-state index in [9.17, 15) is 0 Å². The van der Waals surface area contributed by atoms with Crippen molar-refractivity contribution in [3.8, 4) is 11.5 Å². The molecular weight excluding hydrogens is 373 g/mol. The Morgan fingerprint density at radius 3 is 2.58 bits per heavy atom. The number of methoxy groups -OCH3 is 1. The summed E-state index contributed by atoms with van der Waals surface area (Å²) in [5.74, 6) is 1.48. The van der Waals surface area contributed by atoms with E-state index in [0.717, 1.165) is 53.8 Å². The van der Waals surface area contributed by atoms with Crippen LogP contribution in [0.15, 0.2) is 42.5 Å². The van der Waals surface area contributed by atoms with Crippen molar-refractivity contribution in [1.29, 1.82) is 0 Å². The first-order valence-corrected chi connectivity index (χ1v) is 8.99. The molecule has 1 aliphatic heterocycles. The van der Waals surface area contributed by atoms with Crippen LogP contribution in [0.4, 0.5) is 0 Å². The van der Waals surface area contributed by atoms with Crippen LogP contribution in [0.3, 0.4) is 0 Å². The zero-order valence-corrected chi connectivity index (χ0v) is 16.4. The molecule has 1 fully saturated rings. The third-order valence-corrected chi connectivity index (χ3v) is 4.51. The summed E-state index contributed by atoms with van der Waals surface area (Å²) in [6.45, 7) is 3.04. The van der Waals surface area contributed by atoms with E-state index in [-0.39, 0.29) is 12.4 Å². The van der Waals surface area contributed by atoms with E-state index in [1.54, 1.807) is 7.11 Å². The Bertz CT molecular complexity index is 673. The van der Waals surface area contributed by atoms with E-state index in [1.165, 1.54) is 6.42 Å². The summed E-state index contributed by atoms with van der Waals surface area (Å²) in [6.07, 6.45) is 2.66. The van der Waals surface area contributed by atoms with Gasteiger partial charge in [0.2, 0.25) is 0 Å². The van der Waals surface area contributed by atoms with Gasteiger partial charge in [-0.1, -0.05) is 29.8 Å². The summed E-state index contributed by atoms with van der Waals surface area (Å²) in [7, 11) is 1.66. The standard InChI is InChI=1S/C20H24ClNO3.ClH/c1-23-20-11-16(12-22-13-18-3-2-10-24-18)6-9-19(20)25-14-15-4-7-17(21)8-5-15;/h4-9,11,18,22H,2-3,10,12-14H2,1H3;1H. The van der Waals surface area contributed by atoms with Crippen LogP contribution in [0.1, 0.15) is 24.0 Å². The summed E-state index contributed by atoms with van der Waals surface area (Å²) >= 11 is 5.90. The second-order valence-corrected chi connectivity index (χ2v) is 6.60. The lowest BCUT2D eigenvalue weighted by Gasteiger charge is -2.14. The van der Waals surface area contributed by atoms with E-state index in [4.69, 9.17) is 25.8 Å². The number of halogens is 2. The molecule has 0 radical (unpaired) electrons. The number of hydrogen-bond acceptors (Lipinski definition) is 4. The van der Waals surface area contributed by atoms with Crippen LogP contribution in [0.25, 0.3) is 0 Å². The maximum atomic E-state index is 5.90. The Morgan fingerprint density at radius 1 is 1.12 bits per heavy atom. The molecule has 1 unspecified atom stereocenters. The number of benzene rings is 2. The van der Waals surface area contributed by atoms with Gasteiger partial charge in [0.05, 0.1) is 13.2 Å². The third kappa shape index (κ3) is 6.06. The second kappa shape index (κ2) is 10.6. The number of rotatable bonds is 8. The Hall–Kier alpha value is -1.46. The van der Waals surface area contributed by atoms with Crippen LogP contribution in [0.2, 0.25) is 5.02 Å². The van der Waals surface area contributed by atoms with Gasteiger partial charge in [0.15, 0.2) is 11.5 Å². The molecule has 2 aromatic rings. The predicted molar refractivity (Wildman–Crippen MR) is 107 cm³/mol. The summed E-state index contributed by atoms with van der Waals surface area (Å²) in [5.41, 5.74) is 2.22. The van der Waals surface area contributed by atoms with Gasteiger partial charge in [0.25, 0.3) is 0 Å². The van der Waals surface area contributed by atoms with Crippen molar-refractivity contribution in [3.63, 3.8) is 0 Å². The molecule has 4 nitrogen and oxygen atoms in total. The molecule has 0 aromatic heterocycles. The van der Waals surface area contributed by atoms with Crippen molar-refractivity contribution in [2.75, 3.05) is 20.3 Å². The highest BCUT2D eigenvalue weighted by Crippen LogP contribution is 2.29. The van der Waals surface area contributed by atoms with Crippen LogP contribution in [0.5, 0.6) is 11.5 Å². The molecular formula is C20H25Cl2NO3. The summed E-state index contributed by atoms with van der Waals surface area (Å²) in [6, 6.07) is 13.7. The van der Waals surface area contributed by atoms with E-state index in [0.29, 0.717) is 12.7 Å². The topological polar surface area (TPSA) is 39.7 Å². The van der Waals surface area contributed by atoms with E-state index in [2.05, 4.69) is 11.4 Å². The lowest BCUT2D eigenvalue weighted by atomic mass is 10.2. The fourth-order valence-electron chi connectivity index (χ4n) is 2.87. The minimum atomic E-state index is 0. The summed E-state index contributed by atoms with van der Waals surface area (Å²) in [4.78, 5) is 0. The van der Waals surface area contributed by atoms with E-state index >= 15 is 0 Å². The minimum Gasteiger partial charge on any atom is -0.493 e. The van der Waals surface area contributed by atoms with Crippen LogP contribution < -0.4 is 14.8 Å². The molecule has 0 spiro atoms. The normalized spacial score (nSPS) is 16.2. The van der Waals surface area contributed by atoms with Gasteiger partial charge in [0, 0.05) is 24.7 Å². The average Bonchev–Trinajstić information content (AvgIpc) is 3.15. The highest BCUT2D eigenvalue weighted by Gasteiger charge is 2.14. The maximum Gasteiger partial charge on any atom is 0.161 e. The Kier molecular flexibility index (Phi) is 8.52. The van der Waals surface area contributed by atoms with Crippen molar-refractivity contribution in [1.82, 2.24) is 5.32 Å². The van der Waals surface area contributed by atoms with Gasteiger partial charge in [-0.05, 0) is 48.2 Å². The average molecular weight is 398 g/mol. The predicted octanol–water partition coefficient (Wildman–Crippen LogP) is 4.62. The monoisotopic (exact) mass is 397 g/mol. The van der Waals surface area contributed by atoms with Crippen molar-refractivity contribution >= 4 is 24.0 Å². The fraction of sp³-hybridized carbons (Fsp3) is 0.400. The van der Waals surface area contributed by atoms with Crippen LogP contribution in [-0.4, -0.2) is 26.4 Å². The van der Waals surface area contributed by atoms with Crippen LogP contribution in [-0.2, 0) is 17.9 Å². The van der Waals surface area contributed by atoms with Gasteiger partial charge >= 0.3 is 0 Å². The lowest BCUT2D eigenvalue weighted by Crippen LogP contribution is -2.25. The number of nitrogens with one attached hydrogen (secondary N) is 1. The lowest BCUT2D eigenvalue weighted by molar-refractivity contribution is 0.110. The smallest absolute Gasteiger partial charge is 0.161 e. The summed E-state index contributed by atoms with van der Waals surface area (Å²) in [5, 5.41) is 4.17. The Morgan fingerprint density at radius 2 is 1.88 bits per heavy atom. The van der Waals surface area contributed by atoms with E-state index < -0.39 is 0 Å². The van der Waals surface area contributed by atoms with Gasteiger partial charge in [-0.25, -0.2) is 0 Å². The van der Waals surface area contributed by atoms with Gasteiger partial charge in [-0.3, -0.25) is 0 Å². The second-order valence-electron chi connectivity index (χ2n) is 6.17. The number of hydrogen-bond donors (Lipinski definition) is 1. The molecule has 1 N–H and O–H groups in total. The third-order valence-electron chi connectivity index (χ3n) is 4.26. The van der Waals surface area contributed by atoms with Crippen molar-refractivity contribution in [2.45, 2.75) is 32.1 Å². The molecule has 6 heteroatoms. The SMILES string of the molecule is COc1cc(CNCC2CCCO2)ccc1OCc1ccc(Cl)cc1.Cl. The zero-order chi connectivity index (χ0) is 17.5. The molecule has 1 aliphatic rings. The first kappa shape index (κ1) is 20.8. The van der Waals surface area contributed by atoms with Crippen molar-refractivity contribution < 1.29 is 14.2 Å². The molecule has 26 heavy (non-hydrogen) atoms. The Labute approximate surface area is 166 Å². The number of ether oxygens (including phenoxy) is 3. The minimum absolute atomic E-state index is 0. The van der Waals surface area contributed by atoms with Crippen molar-refractivity contribution in [2.24, 2.45) is 0 Å². The molecule has 1 heterocycles. The molecule has 2 aromatic carbocycles. The molecule has 142 valence electrons.